The minimum absolute atomic E-state index is 0.263. The van der Waals surface area contributed by atoms with Crippen LogP contribution in [0.5, 0.6) is 0 Å². The summed E-state index contributed by atoms with van der Waals surface area (Å²) < 4.78 is 0. The first-order valence-corrected chi connectivity index (χ1v) is 12.6. The van der Waals surface area contributed by atoms with Gasteiger partial charge in [0, 0.05) is 6.42 Å². The molecule has 0 bridgehead atoms. The van der Waals surface area contributed by atoms with E-state index in [4.69, 9.17) is 0 Å². The Kier molecular flexibility index (Phi) is 5.80. The van der Waals surface area contributed by atoms with Crippen molar-refractivity contribution in [1.82, 2.24) is 0 Å². The summed E-state index contributed by atoms with van der Waals surface area (Å²) in [5.41, 5.74) is 1.14. The van der Waals surface area contributed by atoms with E-state index in [-0.39, 0.29) is 5.41 Å². The Hall–Kier alpha value is -0.670. The molecule has 4 rings (SSSR count). The molecule has 170 valence electrons. The fourth-order valence-electron chi connectivity index (χ4n) is 8.51. The molecule has 8 atom stereocenters. The molecule has 30 heavy (non-hydrogen) atoms. The molecule has 4 aliphatic rings. The van der Waals surface area contributed by atoms with Crippen LogP contribution in [0, 0.1) is 40.4 Å². The van der Waals surface area contributed by atoms with Gasteiger partial charge in [0.15, 0.2) is 5.78 Å². The van der Waals surface area contributed by atoms with Gasteiger partial charge < -0.3 is 10.2 Å². The van der Waals surface area contributed by atoms with Gasteiger partial charge in [-0.25, -0.2) is 0 Å². The van der Waals surface area contributed by atoms with Crippen molar-refractivity contribution in [3.05, 3.63) is 11.6 Å². The molecule has 1 unspecified atom stereocenters. The molecule has 0 aromatic carbocycles. The maximum atomic E-state index is 12.0. The summed E-state index contributed by atoms with van der Waals surface area (Å²) in [6, 6.07) is 0. The van der Waals surface area contributed by atoms with Crippen molar-refractivity contribution in [2.45, 2.75) is 111 Å². The van der Waals surface area contributed by atoms with Crippen molar-refractivity contribution < 1.29 is 15.0 Å². The standard InChI is InChI=1S/C27H44O3/c1-17(6-11-24(29)25(2,3)30)21-9-10-22-20-8-7-18-16-19(28)12-14-26(18,4)23(20)13-15-27(21,22)5/h16-17,20-24,29-30H,6-15H2,1-5H3/t17-,20+,21-,22+,23+,24?,26+,27-/m1/s1. The second kappa shape index (κ2) is 7.73. The molecule has 4 aliphatic carbocycles. The predicted octanol–water partition coefficient (Wildman–Crippen LogP) is 5.68. The summed E-state index contributed by atoms with van der Waals surface area (Å²) in [4.78, 5) is 12.0. The number of hydrogen-bond acceptors (Lipinski definition) is 3. The molecule has 0 spiro atoms. The highest BCUT2D eigenvalue weighted by molar-refractivity contribution is 5.91. The zero-order valence-corrected chi connectivity index (χ0v) is 19.9. The number of rotatable bonds is 5. The van der Waals surface area contributed by atoms with Crippen LogP contribution in [0.1, 0.15) is 98.8 Å². The van der Waals surface area contributed by atoms with Gasteiger partial charge in [-0.3, -0.25) is 4.79 Å². The molecule has 0 aromatic rings. The maximum Gasteiger partial charge on any atom is 0.155 e. The van der Waals surface area contributed by atoms with Crippen LogP contribution >= 0.6 is 0 Å². The molecule has 0 aliphatic heterocycles. The minimum Gasteiger partial charge on any atom is -0.390 e. The number of aliphatic hydroxyl groups is 2. The number of allylic oxidation sites excluding steroid dienone is 1. The molecule has 0 amide bonds. The van der Waals surface area contributed by atoms with Crippen molar-refractivity contribution in [3.63, 3.8) is 0 Å². The third-order valence-electron chi connectivity index (χ3n) is 10.4. The van der Waals surface area contributed by atoms with E-state index in [9.17, 15) is 15.0 Å². The molecule has 3 nitrogen and oxygen atoms in total. The van der Waals surface area contributed by atoms with Crippen molar-refractivity contribution in [1.29, 1.82) is 0 Å². The molecule has 3 fully saturated rings. The van der Waals surface area contributed by atoms with Crippen LogP contribution < -0.4 is 0 Å². The van der Waals surface area contributed by atoms with Crippen LogP contribution in [0.15, 0.2) is 11.6 Å². The zero-order chi connectivity index (χ0) is 21.9. The topological polar surface area (TPSA) is 57.5 Å². The van der Waals surface area contributed by atoms with E-state index in [1.54, 1.807) is 13.8 Å². The van der Waals surface area contributed by atoms with Crippen molar-refractivity contribution in [3.8, 4) is 0 Å². The second-order valence-electron chi connectivity index (χ2n) is 12.4. The number of hydrogen-bond donors (Lipinski definition) is 2. The van der Waals surface area contributed by atoms with E-state index in [2.05, 4.69) is 20.8 Å². The van der Waals surface area contributed by atoms with Gasteiger partial charge in [-0.15, -0.1) is 0 Å². The fourth-order valence-corrected chi connectivity index (χ4v) is 8.51. The maximum absolute atomic E-state index is 12.0. The van der Waals surface area contributed by atoms with E-state index < -0.39 is 11.7 Å². The highest BCUT2D eigenvalue weighted by atomic mass is 16.3. The van der Waals surface area contributed by atoms with Crippen molar-refractivity contribution in [2.75, 3.05) is 0 Å². The lowest BCUT2D eigenvalue weighted by Crippen LogP contribution is -2.51. The molecule has 0 heterocycles. The normalized spacial score (nSPS) is 43.3. The van der Waals surface area contributed by atoms with E-state index in [1.165, 1.54) is 37.7 Å². The number of fused-ring (bicyclic) bond motifs is 5. The van der Waals surface area contributed by atoms with Crippen LogP contribution in [-0.4, -0.2) is 27.7 Å². The zero-order valence-electron chi connectivity index (χ0n) is 19.9. The average molecular weight is 417 g/mol. The summed E-state index contributed by atoms with van der Waals surface area (Å²) in [7, 11) is 0. The molecule has 0 radical (unpaired) electrons. The second-order valence-corrected chi connectivity index (χ2v) is 12.4. The lowest BCUT2D eigenvalue weighted by atomic mass is 9.46. The average Bonchev–Trinajstić information content (AvgIpc) is 3.03. The summed E-state index contributed by atoms with van der Waals surface area (Å²) in [6.45, 7) is 10.9. The Bertz CT molecular complexity index is 703. The van der Waals surface area contributed by atoms with E-state index in [1.807, 2.05) is 6.08 Å². The van der Waals surface area contributed by atoms with Gasteiger partial charge in [0.05, 0.1) is 11.7 Å². The SMILES string of the molecule is C[C@H](CCC(O)C(C)(C)O)[C@H]1CC[C@H]2[C@@H]3CCC4=CC(=O)CC[C@]4(C)[C@H]3CC[C@]12C. The lowest BCUT2D eigenvalue weighted by Gasteiger charge is -2.58. The van der Waals surface area contributed by atoms with Crippen LogP contribution in [0.2, 0.25) is 0 Å². The Labute approximate surface area is 183 Å². The van der Waals surface area contributed by atoms with Gasteiger partial charge in [0.2, 0.25) is 0 Å². The number of ketones is 1. The summed E-state index contributed by atoms with van der Waals surface area (Å²) in [5.74, 6) is 4.07. The van der Waals surface area contributed by atoms with E-state index in [0.29, 0.717) is 23.5 Å². The van der Waals surface area contributed by atoms with E-state index >= 15 is 0 Å². The first kappa shape index (κ1) is 22.5. The molecule has 0 aromatic heterocycles. The summed E-state index contributed by atoms with van der Waals surface area (Å²) in [6.07, 6.45) is 12.6. The first-order chi connectivity index (χ1) is 14.0. The number of carbonyl (C=O) groups excluding carboxylic acids is 1. The molecule has 0 saturated heterocycles. The molecule has 3 heteroatoms. The molecular formula is C27H44O3. The number of carbonyl (C=O) groups is 1. The third kappa shape index (κ3) is 3.62. The van der Waals surface area contributed by atoms with Gasteiger partial charge in [0.25, 0.3) is 0 Å². The summed E-state index contributed by atoms with van der Waals surface area (Å²) in [5, 5.41) is 20.4. The monoisotopic (exact) mass is 416 g/mol. The van der Waals surface area contributed by atoms with Crippen molar-refractivity contribution in [2.24, 2.45) is 40.4 Å². The number of aliphatic hydroxyl groups excluding tert-OH is 1. The lowest BCUT2D eigenvalue weighted by molar-refractivity contribution is -0.117. The smallest absolute Gasteiger partial charge is 0.155 e. The van der Waals surface area contributed by atoms with Crippen LogP contribution in [0.25, 0.3) is 0 Å². The molecule has 3 saturated carbocycles. The largest absolute Gasteiger partial charge is 0.390 e. The van der Waals surface area contributed by atoms with Gasteiger partial charge in [-0.05, 0) is 118 Å². The fraction of sp³-hybridized carbons (Fsp3) is 0.889. The Morgan fingerprint density at radius 1 is 1.07 bits per heavy atom. The quantitative estimate of drug-likeness (QED) is 0.606. The Morgan fingerprint density at radius 3 is 2.50 bits per heavy atom. The summed E-state index contributed by atoms with van der Waals surface area (Å²) >= 11 is 0. The Morgan fingerprint density at radius 2 is 1.80 bits per heavy atom. The van der Waals surface area contributed by atoms with Crippen LogP contribution in [-0.2, 0) is 4.79 Å². The third-order valence-corrected chi connectivity index (χ3v) is 10.4. The van der Waals surface area contributed by atoms with Gasteiger partial charge in [0.1, 0.15) is 0 Å². The first-order valence-electron chi connectivity index (χ1n) is 12.6. The molecular weight excluding hydrogens is 372 g/mol. The highest BCUT2D eigenvalue weighted by Crippen LogP contribution is 2.67. The van der Waals surface area contributed by atoms with Gasteiger partial charge in [-0.2, -0.15) is 0 Å². The van der Waals surface area contributed by atoms with Crippen molar-refractivity contribution >= 4 is 5.78 Å². The van der Waals surface area contributed by atoms with Crippen LogP contribution in [0.4, 0.5) is 0 Å². The minimum atomic E-state index is -1.01. The highest BCUT2D eigenvalue weighted by Gasteiger charge is 2.59. The van der Waals surface area contributed by atoms with Gasteiger partial charge in [-0.1, -0.05) is 26.3 Å². The predicted molar refractivity (Wildman–Crippen MR) is 121 cm³/mol. The van der Waals surface area contributed by atoms with Gasteiger partial charge >= 0.3 is 0 Å². The Balaban J connectivity index is 1.48. The molecule has 2 N–H and O–H groups in total. The van der Waals surface area contributed by atoms with E-state index in [0.717, 1.165) is 49.4 Å². The van der Waals surface area contributed by atoms with Crippen LogP contribution in [0.3, 0.4) is 0 Å².